The van der Waals surface area contributed by atoms with E-state index in [1.165, 1.54) is 0 Å². The maximum Gasteiger partial charge on any atom is 0.132 e. The second-order valence-electron chi connectivity index (χ2n) is 3.41. The van der Waals surface area contributed by atoms with Crippen molar-refractivity contribution in [3.8, 4) is 0 Å². The van der Waals surface area contributed by atoms with Crippen molar-refractivity contribution in [2.24, 2.45) is 0 Å². The van der Waals surface area contributed by atoms with E-state index in [1.54, 1.807) is 24.3 Å². The van der Waals surface area contributed by atoms with Crippen LogP contribution in [-0.4, -0.2) is 8.42 Å². The normalized spacial score (nSPS) is 11.4. The van der Waals surface area contributed by atoms with E-state index in [-0.39, 0.29) is 4.21 Å². The minimum Gasteiger partial charge on any atom is -0.572 e. The van der Waals surface area contributed by atoms with Gasteiger partial charge in [0.05, 0.1) is 3.79 Å². The van der Waals surface area contributed by atoms with Crippen molar-refractivity contribution < 1.29 is 8.42 Å². The molecule has 0 unspecified atom stereocenters. The molecule has 1 aromatic carbocycles. The smallest absolute Gasteiger partial charge is 0.132 e. The number of halogens is 1. The maximum atomic E-state index is 12.0. The summed E-state index contributed by atoms with van der Waals surface area (Å²) in [5, 5.41) is 0. The number of aryl methyl sites for hydroxylation is 1. The Kier molecular flexibility index (Phi) is 3.56. The molecule has 1 aromatic heterocycles. The number of thiophene rings is 1. The van der Waals surface area contributed by atoms with E-state index in [0.29, 0.717) is 5.69 Å². The number of benzene rings is 1. The van der Waals surface area contributed by atoms with Crippen LogP contribution >= 0.6 is 27.3 Å². The lowest BCUT2D eigenvalue weighted by atomic mass is 10.2. The first-order valence-electron chi connectivity index (χ1n) is 4.78. The van der Waals surface area contributed by atoms with Gasteiger partial charge in [-0.25, -0.2) is 8.42 Å². The van der Waals surface area contributed by atoms with Gasteiger partial charge >= 0.3 is 0 Å². The molecule has 90 valence electrons. The Labute approximate surface area is 113 Å². The number of hydrogen-bond donors (Lipinski definition) is 0. The highest BCUT2D eigenvalue weighted by molar-refractivity contribution is 9.11. The Morgan fingerprint density at radius 2 is 1.88 bits per heavy atom. The van der Waals surface area contributed by atoms with E-state index < -0.39 is 10.0 Å². The summed E-state index contributed by atoms with van der Waals surface area (Å²) < 4.78 is 28.8. The maximum absolute atomic E-state index is 12.0. The van der Waals surface area contributed by atoms with Crippen LogP contribution in [0.15, 0.2) is 44.4 Å². The van der Waals surface area contributed by atoms with Crippen LogP contribution in [0.5, 0.6) is 0 Å². The minimum atomic E-state index is -3.60. The van der Waals surface area contributed by atoms with Crippen LogP contribution in [0.25, 0.3) is 4.72 Å². The van der Waals surface area contributed by atoms with E-state index in [9.17, 15) is 8.42 Å². The number of hydrogen-bond acceptors (Lipinski definition) is 3. The van der Waals surface area contributed by atoms with Gasteiger partial charge in [0, 0.05) is 0 Å². The Bertz CT molecular complexity index is 634. The summed E-state index contributed by atoms with van der Waals surface area (Å²) in [6.45, 7) is 1.83. The monoisotopic (exact) mass is 330 g/mol. The fourth-order valence-corrected chi connectivity index (χ4v) is 4.31. The zero-order chi connectivity index (χ0) is 12.5. The molecule has 0 atom stereocenters. The number of nitrogens with zero attached hydrogens (tertiary/aromatic N) is 1. The van der Waals surface area contributed by atoms with Crippen LogP contribution in [0.4, 0.5) is 5.69 Å². The molecule has 0 radical (unpaired) electrons. The molecule has 0 saturated carbocycles. The summed E-state index contributed by atoms with van der Waals surface area (Å²) in [4.78, 5) is 0. The molecule has 0 fully saturated rings. The van der Waals surface area contributed by atoms with E-state index in [1.807, 2.05) is 19.1 Å². The second kappa shape index (κ2) is 4.80. The summed E-state index contributed by atoms with van der Waals surface area (Å²) in [5.74, 6) is 0. The molecule has 0 saturated heterocycles. The number of sulfonamides is 1. The van der Waals surface area contributed by atoms with Gasteiger partial charge in [-0.15, -0.1) is 17.0 Å². The first-order valence-corrected chi connectivity index (χ1v) is 7.83. The molecule has 0 spiro atoms. The van der Waals surface area contributed by atoms with Crippen molar-refractivity contribution in [2.45, 2.75) is 11.1 Å². The van der Waals surface area contributed by atoms with E-state index in [0.717, 1.165) is 20.7 Å². The summed E-state index contributed by atoms with van der Waals surface area (Å²) in [6.07, 6.45) is 0. The highest BCUT2D eigenvalue weighted by Crippen LogP contribution is 2.34. The van der Waals surface area contributed by atoms with Gasteiger partial charge < -0.3 is 4.72 Å². The Hall–Kier alpha value is -0.850. The fourth-order valence-electron chi connectivity index (χ4n) is 1.28. The largest absolute Gasteiger partial charge is 0.572 e. The Morgan fingerprint density at radius 3 is 2.47 bits per heavy atom. The molecule has 6 heteroatoms. The first kappa shape index (κ1) is 12.6. The summed E-state index contributed by atoms with van der Waals surface area (Å²) in [6, 6.07) is 10.4. The number of rotatable bonds is 3. The van der Waals surface area contributed by atoms with Gasteiger partial charge in [0.1, 0.15) is 14.2 Å². The predicted molar refractivity (Wildman–Crippen MR) is 73.4 cm³/mol. The quantitative estimate of drug-likeness (QED) is 0.846. The molecule has 0 bridgehead atoms. The van der Waals surface area contributed by atoms with Crippen molar-refractivity contribution >= 4 is 43.0 Å². The summed E-state index contributed by atoms with van der Waals surface area (Å²) in [5.41, 5.74) is 1.32. The third-order valence-corrected chi connectivity index (χ3v) is 5.52. The molecule has 2 aromatic rings. The third kappa shape index (κ3) is 2.88. The third-order valence-electron chi connectivity index (χ3n) is 2.14. The molecule has 0 aliphatic carbocycles. The highest BCUT2D eigenvalue weighted by atomic mass is 79.9. The van der Waals surface area contributed by atoms with Gasteiger partial charge in [-0.1, -0.05) is 29.8 Å². The van der Waals surface area contributed by atoms with E-state index in [2.05, 4.69) is 20.7 Å². The molecule has 2 rings (SSSR count). The van der Waals surface area contributed by atoms with Gasteiger partial charge in [-0.3, -0.25) is 0 Å². The molecule has 1 heterocycles. The Morgan fingerprint density at radius 1 is 1.18 bits per heavy atom. The predicted octanol–water partition coefficient (Wildman–Crippen LogP) is 4.21. The fraction of sp³-hybridized carbons (Fsp3) is 0.0909. The molecular weight excluding hydrogens is 322 g/mol. The van der Waals surface area contributed by atoms with Crippen molar-refractivity contribution in [2.75, 3.05) is 0 Å². The topological polar surface area (TPSA) is 48.2 Å². The molecular formula is C11H9BrNO2S2-. The SMILES string of the molecule is Cc1ccccc1[N-]S(=O)(=O)c1ccc(Br)s1. The lowest BCUT2D eigenvalue weighted by Gasteiger charge is -2.22. The molecule has 0 N–H and O–H groups in total. The zero-order valence-electron chi connectivity index (χ0n) is 8.92. The van der Waals surface area contributed by atoms with Crippen molar-refractivity contribution in [1.29, 1.82) is 0 Å². The van der Waals surface area contributed by atoms with Crippen molar-refractivity contribution in [3.63, 3.8) is 0 Å². The zero-order valence-corrected chi connectivity index (χ0v) is 12.1. The summed E-state index contributed by atoms with van der Waals surface area (Å²) in [7, 11) is -3.60. The molecule has 0 aliphatic rings. The highest BCUT2D eigenvalue weighted by Gasteiger charge is 2.08. The van der Waals surface area contributed by atoms with E-state index >= 15 is 0 Å². The van der Waals surface area contributed by atoms with Gasteiger partial charge in [0.2, 0.25) is 0 Å². The minimum absolute atomic E-state index is 0.243. The van der Waals surface area contributed by atoms with Gasteiger partial charge in [-0.2, -0.15) is 0 Å². The average molecular weight is 331 g/mol. The Balaban J connectivity index is 2.33. The molecule has 3 nitrogen and oxygen atoms in total. The van der Waals surface area contributed by atoms with Crippen LogP contribution < -0.4 is 0 Å². The standard InChI is InChI=1S/C11H9BrNO2S2/c1-8-4-2-3-5-9(8)13-17(14,15)11-7-6-10(12)16-11/h2-7H,1H3/q-1. The molecule has 17 heavy (non-hydrogen) atoms. The van der Waals surface area contributed by atoms with Crippen LogP contribution in [0, 0.1) is 6.92 Å². The lowest BCUT2D eigenvalue weighted by Crippen LogP contribution is -1.94. The van der Waals surface area contributed by atoms with Crippen molar-refractivity contribution in [3.05, 3.63) is 50.5 Å². The first-order chi connectivity index (χ1) is 7.99. The van der Waals surface area contributed by atoms with Crippen LogP contribution in [0.1, 0.15) is 5.56 Å². The van der Waals surface area contributed by atoms with Gasteiger partial charge in [-0.05, 0) is 35.0 Å². The molecule has 0 amide bonds. The van der Waals surface area contributed by atoms with Gasteiger partial charge in [0.15, 0.2) is 0 Å². The lowest BCUT2D eigenvalue weighted by molar-refractivity contribution is 0.605. The van der Waals surface area contributed by atoms with E-state index in [4.69, 9.17) is 0 Å². The molecule has 0 aliphatic heterocycles. The summed E-state index contributed by atoms with van der Waals surface area (Å²) >= 11 is 4.39. The van der Waals surface area contributed by atoms with Crippen molar-refractivity contribution in [1.82, 2.24) is 0 Å². The second-order valence-corrected chi connectivity index (χ2v) is 7.71. The van der Waals surface area contributed by atoms with Crippen LogP contribution in [-0.2, 0) is 10.0 Å². The van der Waals surface area contributed by atoms with Crippen LogP contribution in [0.2, 0.25) is 0 Å². The van der Waals surface area contributed by atoms with Crippen LogP contribution in [0.3, 0.4) is 0 Å². The van der Waals surface area contributed by atoms with Gasteiger partial charge in [0.25, 0.3) is 0 Å². The average Bonchev–Trinajstić information content (AvgIpc) is 2.69.